The number of nitrogens with one attached hydrogen (secondary N) is 1. The van der Waals surface area contributed by atoms with E-state index in [-0.39, 0.29) is 12.1 Å². The van der Waals surface area contributed by atoms with Gasteiger partial charge in [0.05, 0.1) is 12.7 Å². The monoisotopic (exact) mass is 498 g/mol. The van der Waals surface area contributed by atoms with Crippen molar-refractivity contribution in [3.05, 3.63) is 41.6 Å². The number of carbonyl (C=O) groups is 2. The van der Waals surface area contributed by atoms with Gasteiger partial charge in [-0.15, -0.1) is 0 Å². The Labute approximate surface area is 179 Å². The van der Waals surface area contributed by atoms with Crippen LogP contribution in [0.5, 0.6) is 0 Å². The lowest BCUT2D eigenvalue weighted by Gasteiger charge is -2.29. The first-order chi connectivity index (χ1) is 13.3. The summed E-state index contributed by atoms with van der Waals surface area (Å²) in [6, 6.07) is 5.46. The molecule has 0 radical (unpaired) electrons. The molecule has 0 atom stereocenters. The van der Waals surface area contributed by atoms with E-state index in [0.29, 0.717) is 18.7 Å². The zero-order valence-corrected chi connectivity index (χ0v) is 19.1. The summed E-state index contributed by atoms with van der Waals surface area (Å²) in [5.74, 6) is -0.354. The van der Waals surface area contributed by atoms with Crippen LogP contribution in [0.25, 0.3) is 16.5 Å². The molecule has 0 unspecified atom stereocenters. The molecule has 1 N–H and O–H groups in total. The number of alkyl halides is 1. The fourth-order valence-corrected chi connectivity index (χ4v) is 3.04. The van der Waals surface area contributed by atoms with Crippen LogP contribution in [-0.2, 0) is 9.47 Å². The molecule has 0 saturated heterocycles. The number of methoxy groups -OCH3 is 1. The maximum absolute atomic E-state index is 12.2. The lowest BCUT2D eigenvalue weighted by Crippen LogP contribution is -2.39. The minimum absolute atomic E-state index is 0.292. The molecule has 2 heterocycles. The molecule has 1 amide bonds. The number of nitrogens with zero attached hydrogens (tertiary/aromatic N) is 1. The quantitative estimate of drug-likeness (QED) is 0.358. The second kappa shape index (κ2) is 9.45. The molecule has 1 aliphatic rings. The minimum atomic E-state index is -0.498. The first kappa shape index (κ1) is 22.3. The minimum Gasteiger partial charge on any atom is -0.465 e. The van der Waals surface area contributed by atoms with Gasteiger partial charge in [-0.3, -0.25) is 0 Å². The highest BCUT2D eigenvalue weighted by molar-refractivity contribution is 14.1. The maximum atomic E-state index is 12.2. The van der Waals surface area contributed by atoms with Crippen LogP contribution in [-0.4, -0.2) is 52.7 Å². The number of halogens is 1. The smallest absolute Gasteiger partial charge is 0.410 e. The molecule has 0 fully saturated rings. The zero-order chi connectivity index (χ0) is 20.9. The van der Waals surface area contributed by atoms with E-state index in [1.165, 1.54) is 7.11 Å². The Morgan fingerprint density at radius 2 is 1.93 bits per heavy atom. The summed E-state index contributed by atoms with van der Waals surface area (Å²) in [6.07, 6.45) is 4.43. The second-order valence-corrected chi connectivity index (χ2v) is 7.36. The third-order valence-corrected chi connectivity index (χ3v) is 4.31. The van der Waals surface area contributed by atoms with Gasteiger partial charge in [-0.1, -0.05) is 28.7 Å². The van der Waals surface area contributed by atoms with E-state index < -0.39 is 5.60 Å². The fraction of sp³-hybridized carbons (Fsp3) is 0.429. The number of hydrogen-bond donors (Lipinski definition) is 1. The van der Waals surface area contributed by atoms with Gasteiger partial charge >= 0.3 is 12.1 Å². The van der Waals surface area contributed by atoms with Gasteiger partial charge in [-0.2, -0.15) is 0 Å². The predicted molar refractivity (Wildman–Crippen MR) is 120 cm³/mol. The van der Waals surface area contributed by atoms with Crippen molar-refractivity contribution >= 4 is 51.1 Å². The number of aromatic nitrogens is 1. The number of ether oxygens (including phenoxy) is 2. The van der Waals surface area contributed by atoms with Gasteiger partial charge in [-0.05, 0) is 55.9 Å². The van der Waals surface area contributed by atoms with Crippen molar-refractivity contribution in [2.24, 2.45) is 0 Å². The third-order valence-electron chi connectivity index (χ3n) is 4.31. The molecule has 152 valence electrons. The first-order valence-corrected chi connectivity index (χ1v) is 11.2. The van der Waals surface area contributed by atoms with Crippen molar-refractivity contribution in [2.75, 3.05) is 25.1 Å². The Morgan fingerprint density at radius 1 is 1.21 bits per heavy atom. The van der Waals surface area contributed by atoms with E-state index in [9.17, 15) is 9.59 Å². The lowest BCUT2D eigenvalue weighted by atomic mass is 9.98. The summed E-state index contributed by atoms with van der Waals surface area (Å²) in [6.45, 7) is 6.70. The van der Waals surface area contributed by atoms with Gasteiger partial charge in [0.2, 0.25) is 0 Å². The van der Waals surface area contributed by atoms with Crippen LogP contribution in [0, 0.1) is 0 Å². The van der Waals surface area contributed by atoms with Gasteiger partial charge in [0.25, 0.3) is 0 Å². The molecule has 3 rings (SSSR count). The largest absolute Gasteiger partial charge is 0.465 e. The van der Waals surface area contributed by atoms with Crippen molar-refractivity contribution in [3.63, 3.8) is 0 Å². The molecule has 0 bridgehead atoms. The average molecular weight is 498 g/mol. The van der Waals surface area contributed by atoms with Gasteiger partial charge < -0.3 is 19.4 Å². The SMILES string of the molecule is CI.COC(=O)c1ccc2[nH]cc(C3=CCN(C(=O)OC(C)(C)C)CC3)c2c1. The van der Waals surface area contributed by atoms with Crippen LogP contribution in [0.2, 0.25) is 0 Å². The highest BCUT2D eigenvalue weighted by Gasteiger charge is 2.24. The number of rotatable bonds is 2. The number of fused-ring (bicyclic) bond motifs is 1. The molecular formula is C21H27IN2O4. The van der Waals surface area contributed by atoms with Crippen LogP contribution in [0.15, 0.2) is 30.5 Å². The number of esters is 1. The van der Waals surface area contributed by atoms with Crippen LogP contribution >= 0.6 is 22.6 Å². The van der Waals surface area contributed by atoms with Crippen molar-refractivity contribution in [1.29, 1.82) is 0 Å². The number of benzene rings is 1. The Balaban J connectivity index is 0.00000136. The van der Waals surface area contributed by atoms with Crippen molar-refractivity contribution in [3.8, 4) is 0 Å². The molecule has 1 aliphatic heterocycles. The molecular weight excluding hydrogens is 471 g/mol. The Hall–Kier alpha value is -2.03. The zero-order valence-electron chi connectivity index (χ0n) is 17.0. The summed E-state index contributed by atoms with van der Waals surface area (Å²) in [7, 11) is 1.37. The molecule has 7 heteroatoms. The maximum Gasteiger partial charge on any atom is 0.410 e. The van der Waals surface area contributed by atoms with Crippen LogP contribution in [0.4, 0.5) is 4.79 Å². The standard InChI is InChI=1S/C20H24N2O4.CH3I/c1-20(2,3)26-19(24)22-9-7-13(8-10-22)16-12-21-17-6-5-14(11-15(16)17)18(23)25-4;1-2/h5-7,11-12,21H,8-10H2,1-4H3;1H3. The highest BCUT2D eigenvalue weighted by Crippen LogP contribution is 2.30. The summed E-state index contributed by atoms with van der Waals surface area (Å²) in [5, 5.41) is 0.977. The Morgan fingerprint density at radius 3 is 2.50 bits per heavy atom. The molecule has 6 nitrogen and oxygen atoms in total. The van der Waals surface area contributed by atoms with E-state index in [4.69, 9.17) is 9.47 Å². The van der Waals surface area contributed by atoms with Crippen molar-refractivity contribution in [2.45, 2.75) is 32.8 Å². The Bertz CT molecular complexity index is 880. The molecule has 0 saturated carbocycles. The number of hydrogen-bond acceptors (Lipinski definition) is 4. The topological polar surface area (TPSA) is 71.6 Å². The molecule has 0 spiro atoms. The number of H-pyrrole nitrogens is 1. The van der Waals surface area contributed by atoms with Gasteiger partial charge in [-0.25, -0.2) is 9.59 Å². The second-order valence-electron chi connectivity index (χ2n) is 7.36. The predicted octanol–water partition coefficient (Wildman–Crippen LogP) is 5.03. The fourth-order valence-electron chi connectivity index (χ4n) is 3.04. The third kappa shape index (κ3) is 5.27. The van der Waals surface area contributed by atoms with E-state index in [1.807, 2.05) is 50.1 Å². The Kier molecular flexibility index (Phi) is 7.51. The molecule has 28 heavy (non-hydrogen) atoms. The lowest BCUT2D eigenvalue weighted by molar-refractivity contribution is 0.0270. The van der Waals surface area contributed by atoms with Crippen LogP contribution < -0.4 is 0 Å². The summed E-state index contributed by atoms with van der Waals surface area (Å²) >= 11 is 2.15. The summed E-state index contributed by atoms with van der Waals surface area (Å²) < 4.78 is 10.2. The van der Waals surface area contributed by atoms with Crippen LogP contribution in [0.1, 0.15) is 43.1 Å². The normalized spacial score (nSPS) is 14.1. The number of aromatic amines is 1. The number of amides is 1. The van der Waals surface area contributed by atoms with Crippen molar-refractivity contribution in [1.82, 2.24) is 9.88 Å². The van der Waals surface area contributed by atoms with Gasteiger partial charge in [0, 0.05) is 35.8 Å². The molecule has 0 aliphatic carbocycles. The van der Waals surface area contributed by atoms with E-state index >= 15 is 0 Å². The first-order valence-electron chi connectivity index (χ1n) is 9.03. The average Bonchev–Trinajstić information content (AvgIpc) is 3.11. The van der Waals surface area contributed by atoms with Crippen LogP contribution in [0.3, 0.4) is 0 Å². The summed E-state index contributed by atoms with van der Waals surface area (Å²) in [4.78, 5) is 30.9. The van der Waals surface area contributed by atoms with E-state index in [2.05, 4.69) is 27.6 Å². The molecule has 1 aromatic heterocycles. The summed E-state index contributed by atoms with van der Waals surface area (Å²) in [5.41, 5.74) is 3.19. The highest BCUT2D eigenvalue weighted by atomic mass is 127. The number of carbonyl (C=O) groups excluding carboxylic acids is 2. The van der Waals surface area contributed by atoms with Crippen molar-refractivity contribution < 1.29 is 19.1 Å². The molecule has 2 aromatic rings. The van der Waals surface area contributed by atoms with Gasteiger partial charge in [0.15, 0.2) is 0 Å². The van der Waals surface area contributed by atoms with E-state index in [1.54, 1.807) is 11.0 Å². The van der Waals surface area contributed by atoms with E-state index in [0.717, 1.165) is 28.5 Å². The molecule has 1 aromatic carbocycles. The van der Waals surface area contributed by atoms with Gasteiger partial charge in [0.1, 0.15) is 5.60 Å².